The maximum absolute atomic E-state index is 12.3. The van der Waals surface area contributed by atoms with Gasteiger partial charge in [0.05, 0.1) is 10.5 Å². The Labute approximate surface area is 127 Å². The molecule has 3 nitrogen and oxygen atoms in total. The number of nitrogens with one attached hydrogen (secondary N) is 1. The molecule has 1 aromatic rings. The number of carbonyl (C=O) groups is 1. The Kier molecular flexibility index (Phi) is 4.33. The second-order valence-corrected chi connectivity index (χ2v) is 6.08. The number of amides is 1. The summed E-state index contributed by atoms with van der Waals surface area (Å²) >= 11 is 16.9. The van der Waals surface area contributed by atoms with Gasteiger partial charge in [0, 0.05) is 15.6 Å². The predicted octanol–water partition coefficient (Wildman–Crippen LogP) is 3.32. The van der Waals surface area contributed by atoms with Crippen molar-refractivity contribution in [1.82, 2.24) is 5.32 Å². The molecule has 0 bridgehead atoms. The summed E-state index contributed by atoms with van der Waals surface area (Å²) in [4.78, 5) is 12.6. The summed E-state index contributed by atoms with van der Waals surface area (Å²) in [5, 5.41) is 3.79. The van der Waals surface area contributed by atoms with E-state index in [0.29, 0.717) is 20.6 Å². The van der Waals surface area contributed by atoms with Crippen LogP contribution in [0.1, 0.15) is 36.0 Å². The molecule has 6 heteroatoms. The van der Waals surface area contributed by atoms with Crippen molar-refractivity contribution >= 4 is 46.3 Å². The molecule has 0 radical (unpaired) electrons. The normalized spacial score (nSPS) is 17.2. The van der Waals surface area contributed by atoms with Crippen LogP contribution in [-0.4, -0.2) is 16.4 Å². The van der Waals surface area contributed by atoms with E-state index < -0.39 is 5.54 Å². The molecule has 1 aliphatic rings. The third kappa shape index (κ3) is 3.19. The fraction of sp³-hybridized carbons (Fsp3) is 0.385. The predicted molar refractivity (Wildman–Crippen MR) is 81.9 cm³/mol. The number of halogens is 2. The Morgan fingerprint density at radius 2 is 1.74 bits per heavy atom. The molecule has 1 aliphatic carbocycles. The van der Waals surface area contributed by atoms with Gasteiger partial charge in [-0.05, 0) is 31.0 Å². The van der Waals surface area contributed by atoms with Gasteiger partial charge in [-0.2, -0.15) is 0 Å². The topological polar surface area (TPSA) is 55.1 Å². The molecule has 0 aliphatic heterocycles. The van der Waals surface area contributed by atoms with Crippen LogP contribution in [0.25, 0.3) is 0 Å². The number of nitrogens with two attached hydrogens (primary N) is 1. The van der Waals surface area contributed by atoms with Gasteiger partial charge in [-0.3, -0.25) is 4.79 Å². The number of rotatable bonds is 3. The minimum Gasteiger partial charge on any atom is -0.391 e. The Morgan fingerprint density at radius 3 is 2.21 bits per heavy atom. The maximum atomic E-state index is 12.3. The van der Waals surface area contributed by atoms with Crippen molar-refractivity contribution in [2.75, 3.05) is 0 Å². The van der Waals surface area contributed by atoms with E-state index in [-0.39, 0.29) is 5.91 Å². The molecule has 102 valence electrons. The Morgan fingerprint density at radius 1 is 1.21 bits per heavy atom. The van der Waals surface area contributed by atoms with Crippen LogP contribution >= 0.6 is 35.4 Å². The van der Waals surface area contributed by atoms with Crippen molar-refractivity contribution in [2.24, 2.45) is 5.73 Å². The first-order chi connectivity index (χ1) is 8.93. The van der Waals surface area contributed by atoms with Crippen LogP contribution < -0.4 is 11.1 Å². The molecule has 1 aromatic carbocycles. The van der Waals surface area contributed by atoms with Crippen molar-refractivity contribution in [1.29, 1.82) is 0 Å². The first kappa shape index (κ1) is 14.6. The zero-order valence-corrected chi connectivity index (χ0v) is 12.5. The smallest absolute Gasteiger partial charge is 0.252 e. The summed E-state index contributed by atoms with van der Waals surface area (Å²) in [7, 11) is 0. The number of benzene rings is 1. The lowest BCUT2D eigenvalue weighted by Crippen LogP contribution is -2.54. The highest BCUT2D eigenvalue weighted by Crippen LogP contribution is 2.30. The molecule has 3 N–H and O–H groups in total. The minimum absolute atomic E-state index is 0.251. The van der Waals surface area contributed by atoms with Gasteiger partial charge >= 0.3 is 0 Å². The van der Waals surface area contributed by atoms with Gasteiger partial charge in [-0.15, -0.1) is 0 Å². The highest BCUT2D eigenvalue weighted by atomic mass is 35.5. The van der Waals surface area contributed by atoms with E-state index in [4.69, 9.17) is 41.2 Å². The third-order valence-electron chi connectivity index (χ3n) is 3.41. The van der Waals surface area contributed by atoms with Gasteiger partial charge in [-0.1, -0.05) is 48.3 Å². The third-order valence-corrected chi connectivity index (χ3v) is 4.23. The zero-order valence-electron chi connectivity index (χ0n) is 10.2. The summed E-state index contributed by atoms with van der Waals surface area (Å²) in [5.41, 5.74) is 5.63. The molecule has 0 saturated heterocycles. The molecule has 0 heterocycles. The van der Waals surface area contributed by atoms with E-state index in [1.807, 2.05) is 0 Å². The first-order valence-electron chi connectivity index (χ1n) is 6.01. The number of carbonyl (C=O) groups excluding carboxylic acids is 1. The van der Waals surface area contributed by atoms with Crippen LogP contribution in [0.15, 0.2) is 18.2 Å². The van der Waals surface area contributed by atoms with Crippen molar-refractivity contribution < 1.29 is 4.79 Å². The SMILES string of the molecule is NC(=S)C1(NC(=O)c2cc(Cl)cc(Cl)c2)CCCC1. The lowest BCUT2D eigenvalue weighted by molar-refractivity contribution is 0.0924. The van der Waals surface area contributed by atoms with Crippen LogP contribution in [0.4, 0.5) is 0 Å². The molecule has 2 rings (SSSR count). The van der Waals surface area contributed by atoms with E-state index in [1.165, 1.54) is 0 Å². The largest absolute Gasteiger partial charge is 0.391 e. The number of hydrogen-bond donors (Lipinski definition) is 2. The quantitative estimate of drug-likeness (QED) is 0.841. The van der Waals surface area contributed by atoms with E-state index in [0.717, 1.165) is 25.7 Å². The molecular weight excluding hydrogens is 303 g/mol. The Balaban J connectivity index is 2.22. The molecule has 0 spiro atoms. The molecule has 19 heavy (non-hydrogen) atoms. The second kappa shape index (κ2) is 5.65. The first-order valence-corrected chi connectivity index (χ1v) is 7.18. The molecular formula is C13H14Cl2N2OS. The standard InChI is InChI=1S/C13H14Cl2N2OS/c14-9-5-8(6-10(15)7-9)11(18)17-13(12(16)19)3-1-2-4-13/h5-7H,1-4H2,(H2,16,19)(H,17,18). The summed E-state index contributed by atoms with van der Waals surface area (Å²) in [5.74, 6) is -0.251. The zero-order chi connectivity index (χ0) is 14.0. The molecule has 1 amide bonds. The molecule has 0 unspecified atom stereocenters. The summed E-state index contributed by atoms with van der Waals surface area (Å²) in [6.07, 6.45) is 3.58. The fourth-order valence-electron chi connectivity index (χ4n) is 2.39. The van der Waals surface area contributed by atoms with Gasteiger partial charge in [0.25, 0.3) is 5.91 Å². The van der Waals surface area contributed by atoms with E-state index in [1.54, 1.807) is 18.2 Å². The van der Waals surface area contributed by atoms with Crippen LogP contribution in [0.3, 0.4) is 0 Å². The van der Waals surface area contributed by atoms with Crippen molar-refractivity contribution in [3.63, 3.8) is 0 Å². The Hall–Kier alpha value is -0.840. The monoisotopic (exact) mass is 316 g/mol. The fourth-order valence-corrected chi connectivity index (χ4v) is 3.17. The van der Waals surface area contributed by atoms with E-state index in [9.17, 15) is 4.79 Å². The highest BCUT2D eigenvalue weighted by molar-refractivity contribution is 7.80. The molecule has 0 atom stereocenters. The molecule has 1 fully saturated rings. The Bertz CT molecular complexity index is 507. The number of hydrogen-bond acceptors (Lipinski definition) is 2. The van der Waals surface area contributed by atoms with Crippen molar-refractivity contribution in [2.45, 2.75) is 31.2 Å². The average molecular weight is 317 g/mol. The van der Waals surface area contributed by atoms with Crippen LogP contribution in [0.5, 0.6) is 0 Å². The van der Waals surface area contributed by atoms with Crippen LogP contribution in [0, 0.1) is 0 Å². The highest BCUT2D eigenvalue weighted by Gasteiger charge is 2.38. The average Bonchev–Trinajstić information content (AvgIpc) is 2.77. The van der Waals surface area contributed by atoms with Crippen molar-refractivity contribution in [3.8, 4) is 0 Å². The van der Waals surface area contributed by atoms with Crippen LogP contribution in [0.2, 0.25) is 10.0 Å². The van der Waals surface area contributed by atoms with Crippen LogP contribution in [-0.2, 0) is 0 Å². The minimum atomic E-state index is -0.568. The van der Waals surface area contributed by atoms with Gasteiger partial charge in [0.2, 0.25) is 0 Å². The van der Waals surface area contributed by atoms with Gasteiger partial charge < -0.3 is 11.1 Å². The summed E-state index contributed by atoms with van der Waals surface area (Å²) in [6.45, 7) is 0. The second-order valence-electron chi connectivity index (χ2n) is 4.77. The van der Waals surface area contributed by atoms with E-state index >= 15 is 0 Å². The van der Waals surface area contributed by atoms with Gasteiger partial charge in [-0.25, -0.2) is 0 Å². The van der Waals surface area contributed by atoms with Gasteiger partial charge in [0.15, 0.2) is 0 Å². The summed E-state index contributed by atoms with van der Waals surface area (Å²) in [6, 6.07) is 4.73. The van der Waals surface area contributed by atoms with Gasteiger partial charge in [0.1, 0.15) is 0 Å². The summed E-state index contributed by atoms with van der Waals surface area (Å²) < 4.78 is 0. The lowest BCUT2D eigenvalue weighted by Gasteiger charge is -2.29. The molecule has 0 aromatic heterocycles. The molecule has 1 saturated carbocycles. The van der Waals surface area contributed by atoms with E-state index in [2.05, 4.69) is 5.32 Å². The van der Waals surface area contributed by atoms with Crippen molar-refractivity contribution in [3.05, 3.63) is 33.8 Å². The maximum Gasteiger partial charge on any atom is 0.252 e. The lowest BCUT2D eigenvalue weighted by atomic mass is 9.97. The number of thiocarbonyl (C=S) groups is 1.